The van der Waals surface area contributed by atoms with E-state index in [1.165, 1.54) is 11.1 Å². The summed E-state index contributed by atoms with van der Waals surface area (Å²) in [6.45, 7) is 8.21. The highest BCUT2D eigenvalue weighted by Crippen LogP contribution is 2.24. The highest BCUT2D eigenvalue weighted by atomic mass is 15.6. The number of tetrazole rings is 1. The quantitative estimate of drug-likeness (QED) is 0.634. The van der Waals surface area contributed by atoms with Crippen molar-refractivity contribution in [2.75, 3.05) is 26.2 Å². The largest absolute Gasteiger partial charge is 0.297 e. The minimum Gasteiger partial charge on any atom is -0.297 e. The zero-order chi connectivity index (χ0) is 19.2. The molecule has 0 radical (unpaired) electrons. The van der Waals surface area contributed by atoms with Crippen molar-refractivity contribution in [2.45, 2.75) is 32.5 Å². The molecule has 0 bridgehead atoms. The summed E-state index contributed by atoms with van der Waals surface area (Å²) in [5.41, 5.74) is 2.60. The van der Waals surface area contributed by atoms with E-state index >= 15 is 0 Å². The van der Waals surface area contributed by atoms with Gasteiger partial charge in [0.05, 0.1) is 12.6 Å². The molecule has 3 aromatic rings. The lowest BCUT2D eigenvalue weighted by Gasteiger charge is -2.38. The third kappa shape index (κ3) is 4.46. The van der Waals surface area contributed by atoms with Crippen LogP contribution in [0.3, 0.4) is 0 Å². The van der Waals surface area contributed by atoms with Gasteiger partial charge in [0.2, 0.25) is 0 Å². The van der Waals surface area contributed by atoms with Gasteiger partial charge < -0.3 is 0 Å². The molecule has 0 unspecified atom stereocenters. The Labute approximate surface area is 166 Å². The van der Waals surface area contributed by atoms with Gasteiger partial charge in [0.1, 0.15) is 0 Å². The molecule has 2 heterocycles. The van der Waals surface area contributed by atoms with Crippen LogP contribution in [-0.4, -0.2) is 56.2 Å². The summed E-state index contributed by atoms with van der Waals surface area (Å²) in [6, 6.07) is 21.4. The minimum atomic E-state index is 0.262. The summed E-state index contributed by atoms with van der Waals surface area (Å²) in [5.74, 6) is 0.975. The number of hydrogen-bond acceptors (Lipinski definition) is 5. The van der Waals surface area contributed by atoms with Gasteiger partial charge in [-0.05, 0) is 28.0 Å². The molecule has 28 heavy (non-hydrogen) atoms. The Morgan fingerprint density at radius 2 is 1.43 bits per heavy atom. The van der Waals surface area contributed by atoms with Crippen LogP contribution >= 0.6 is 0 Å². The number of rotatable bonds is 7. The van der Waals surface area contributed by atoms with Crippen LogP contribution in [-0.2, 0) is 13.1 Å². The Kier molecular flexibility index (Phi) is 6.09. The molecule has 1 aliphatic heterocycles. The van der Waals surface area contributed by atoms with Gasteiger partial charge in [-0.2, -0.15) is 0 Å². The van der Waals surface area contributed by atoms with Crippen molar-refractivity contribution in [1.29, 1.82) is 0 Å². The van der Waals surface area contributed by atoms with Gasteiger partial charge in [0.15, 0.2) is 5.82 Å². The lowest BCUT2D eigenvalue weighted by atomic mass is 10.1. The van der Waals surface area contributed by atoms with E-state index in [4.69, 9.17) is 0 Å². The average molecular weight is 377 g/mol. The van der Waals surface area contributed by atoms with Crippen molar-refractivity contribution in [3.05, 3.63) is 77.6 Å². The van der Waals surface area contributed by atoms with Gasteiger partial charge in [-0.1, -0.05) is 67.6 Å². The highest BCUT2D eigenvalue weighted by Gasteiger charge is 2.27. The molecular weight excluding hydrogens is 348 g/mol. The molecule has 0 saturated carbocycles. The van der Waals surface area contributed by atoms with E-state index in [1.54, 1.807) is 0 Å². The predicted molar refractivity (Wildman–Crippen MR) is 110 cm³/mol. The van der Waals surface area contributed by atoms with Gasteiger partial charge in [-0.15, -0.1) is 5.10 Å². The van der Waals surface area contributed by atoms with Crippen molar-refractivity contribution in [2.24, 2.45) is 0 Å². The normalized spacial score (nSPS) is 16.9. The van der Waals surface area contributed by atoms with Crippen LogP contribution in [0.5, 0.6) is 0 Å². The lowest BCUT2D eigenvalue weighted by Crippen LogP contribution is -2.47. The summed E-state index contributed by atoms with van der Waals surface area (Å²) < 4.78 is 1.96. The van der Waals surface area contributed by atoms with E-state index in [1.807, 2.05) is 10.7 Å². The molecule has 0 spiro atoms. The standard InChI is InChI=1S/C22H28N6/c1-2-21(22-23-24-25-28(22)18-20-11-7-4-8-12-20)27-15-13-26(14-16-27)17-19-9-5-3-6-10-19/h3-12,21H,2,13-18H2,1H3/t21-/m0/s1. The predicted octanol–water partition coefficient (Wildman–Crippen LogP) is 2.99. The van der Waals surface area contributed by atoms with E-state index in [9.17, 15) is 0 Å². The Balaban J connectivity index is 1.39. The Morgan fingerprint density at radius 1 is 0.821 bits per heavy atom. The molecule has 0 aliphatic carbocycles. The number of nitrogens with zero attached hydrogens (tertiary/aromatic N) is 6. The van der Waals surface area contributed by atoms with Gasteiger partial charge >= 0.3 is 0 Å². The second-order valence-corrected chi connectivity index (χ2v) is 7.40. The van der Waals surface area contributed by atoms with E-state index in [-0.39, 0.29) is 6.04 Å². The van der Waals surface area contributed by atoms with Crippen molar-refractivity contribution < 1.29 is 0 Å². The first-order chi connectivity index (χ1) is 13.8. The first kappa shape index (κ1) is 18.8. The first-order valence-electron chi connectivity index (χ1n) is 10.1. The van der Waals surface area contributed by atoms with Crippen LogP contribution in [0.4, 0.5) is 0 Å². The van der Waals surface area contributed by atoms with Crippen LogP contribution in [0.25, 0.3) is 0 Å². The third-order valence-corrected chi connectivity index (χ3v) is 5.52. The molecule has 0 amide bonds. The van der Waals surface area contributed by atoms with Gasteiger partial charge in [0.25, 0.3) is 0 Å². The zero-order valence-electron chi connectivity index (χ0n) is 16.5. The Morgan fingerprint density at radius 3 is 2.04 bits per heavy atom. The van der Waals surface area contributed by atoms with E-state index in [0.717, 1.165) is 45.0 Å². The van der Waals surface area contributed by atoms with E-state index in [2.05, 4.69) is 86.8 Å². The summed E-state index contributed by atoms with van der Waals surface area (Å²) in [5, 5.41) is 12.6. The molecule has 2 aromatic carbocycles. The first-order valence-corrected chi connectivity index (χ1v) is 10.1. The molecule has 146 valence electrons. The average Bonchev–Trinajstić information content (AvgIpc) is 3.19. The molecule has 4 rings (SSSR count). The molecule has 1 atom stereocenters. The summed E-state index contributed by atoms with van der Waals surface area (Å²) >= 11 is 0. The van der Waals surface area contributed by atoms with Crippen molar-refractivity contribution in [3.8, 4) is 0 Å². The smallest absolute Gasteiger partial charge is 0.168 e. The minimum absolute atomic E-state index is 0.262. The van der Waals surface area contributed by atoms with E-state index in [0.29, 0.717) is 6.54 Å². The fraction of sp³-hybridized carbons (Fsp3) is 0.409. The number of hydrogen-bond donors (Lipinski definition) is 0. The highest BCUT2D eigenvalue weighted by molar-refractivity contribution is 5.16. The molecular formula is C22H28N6. The summed E-state index contributed by atoms with van der Waals surface area (Å²) in [4.78, 5) is 5.07. The van der Waals surface area contributed by atoms with Crippen molar-refractivity contribution in [3.63, 3.8) is 0 Å². The Hall–Kier alpha value is -2.57. The van der Waals surface area contributed by atoms with Crippen molar-refractivity contribution >= 4 is 0 Å². The van der Waals surface area contributed by atoms with Crippen molar-refractivity contribution in [1.82, 2.24) is 30.0 Å². The third-order valence-electron chi connectivity index (χ3n) is 5.52. The lowest BCUT2D eigenvalue weighted by molar-refractivity contribution is 0.0844. The molecule has 1 aliphatic rings. The van der Waals surface area contributed by atoms with Crippen LogP contribution in [0, 0.1) is 0 Å². The monoisotopic (exact) mass is 376 g/mol. The molecule has 1 aromatic heterocycles. The molecule has 1 fully saturated rings. The van der Waals surface area contributed by atoms with Gasteiger partial charge in [-0.3, -0.25) is 9.80 Å². The molecule has 1 saturated heterocycles. The van der Waals surface area contributed by atoms with Crippen LogP contribution in [0.1, 0.15) is 36.3 Å². The maximum atomic E-state index is 4.39. The Bertz CT molecular complexity index is 840. The topological polar surface area (TPSA) is 50.1 Å². The SMILES string of the molecule is CC[C@@H](c1nnnn1Cc1ccccc1)N1CCN(Cc2ccccc2)CC1. The summed E-state index contributed by atoms with van der Waals surface area (Å²) in [7, 11) is 0. The van der Waals surface area contributed by atoms with E-state index < -0.39 is 0 Å². The van der Waals surface area contributed by atoms with Crippen LogP contribution in [0.15, 0.2) is 60.7 Å². The number of piperazine rings is 1. The summed E-state index contributed by atoms with van der Waals surface area (Å²) in [6.07, 6.45) is 1.01. The van der Waals surface area contributed by atoms with Crippen LogP contribution in [0.2, 0.25) is 0 Å². The second kappa shape index (κ2) is 9.08. The van der Waals surface area contributed by atoms with Gasteiger partial charge in [0, 0.05) is 32.7 Å². The molecule has 6 nitrogen and oxygen atoms in total. The van der Waals surface area contributed by atoms with Crippen LogP contribution < -0.4 is 0 Å². The second-order valence-electron chi connectivity index (χ2n) is 7.40. The fourth-order valence-corrected chi connectivity index (χ4v) is 4.00. The maximum Gasteiger partial charge on any atom is 0.168 e. The number of aromatic nitrogens is 4. The van der Waals surface area contributed by atoms with Gasteiger partial charge in [-0.25, -0.2) is 4.68 Å². The molecule has 6 heteroatoms. The maximum absolute atomic E-state index is 4.39. The number of benzene rings is 2. The molecule has 0 N–H and O–H groups in total. The zero-order valence-corrected chi connectivity index (χ0v) is 16.5. The fourth-order valence-electron chi connectivity index (χ4n) is 4.00.